The number of nitrogen functional groups attached to an aromatic ring is 1. The first-order valence-corrected chi connectivity index (χ1v) is 9.69. The summed E-state index contributed by atoms with van der Waals surface area (Å²) in [5, 5.41) is 8.76. The van der Waals surface area contributed by atoms with Gasteiger partial charge in [-0.3, -0.25) is 0 Å². The van der Waals surface area contributed by atoms with Gasteiger partial charge in [-0.25, -0.2) is 14.8 Å². The molecule has 0 radical (unpaired) electrons. The zero-order valence-corrected chi connectivity index (χ0v) is 16.4. The predicted molar refractivity (Wildman–Crippen MR) is 116 cm³/mol. The van der Waals surface area contributed by atoms with Crippen molar-refractivity contribution in [3.63, 3.8) is 0 Å². The molecule has 0 fully saturated rings. The molecule has 0 aliphatic heterocycles. The summed E-state index contributed by atoms with van der Waals surface area (Å²) in [5.41, 5.74) is 10.1. The number of rotatable bonds is 3. The molecule has 4 rings (SSSR count). The van der Waals surface area contributed by atoms with Crippen molar-refractivity contribution in [2.24, 2.45) is 0 Å². The number of aromatic nitrogens is 2. The van der Waals surface area contributed by atoms with Gasteiger partial charge in [0.1, 0.15) is 17.0 Å². The largest absolute Gasteiger partial charge is 0.383 e. The van der Waals surface area contributed by atoms with Crippen LogP contribution in [0.3, 0.4) is 0 Å². The van der Waals surface area contributed by atoms with Gasteiger partial charge >= 0.3 is 6.03 Å². The third-order valence-corrected chi connectivity index (χ3v) is 5.40. The van der Waals surface area contributed by atoms with Gasteiger partial charge in [0.05, 0.1) is 16.1 Å². The smallest absolute Gasteiger partial charge is 0.323 e. The van der Waals surface area contributed by atoms with Crippen LogP contribution in [0.1, 0.15) is 5.56 Å². The fourth-order valence-electron chi connectivity index (χ4n) is 2.90. The molecule has 0 bridgehead atoms. The SMILES string of the molecule is Cc1cccc(NC(=O)Nc2ccc(-c3csc4ncnc(N)c34)cc2Cl)c1. The van der Waals surface area contributed by atoms with Gasteiger partial charge in [-0.05, 0) is 42.3 Å². The van der Waals surface area contributed by atoms with Crippen LogP contribution in [0.2, 0.25) is 5.02 Å². The van der Waals surface area contributed by atoms with E-state index in [1.54, 1.807) is 12.1 Å². The molecule has 0 spiro atoms. The van der Waals surface area contributed by atoms with Crippen LogP contribution < -0.4 is 16.4 Å². The summed E-state index contributed by atoms with van der Waals surface area (Å²) in [6.45, 7) is 1.96. The van der Waals surface area contributed by atoms with Crippen molar-refractivity contribution in [3.05, 3.63) is 64.8 Å². The van der Waals surface area contributed by atoms with Gasteiger partial charge in [0, 0.05) is 16.6 Å². The molecule has 28 heavy (non-hydrogen) atoms. The number of nitrogens with one attached hydrogen (secondary N) is 2. The molecule has 0 aliphatic rings. The van der Waals surface area contributed by atoms with Crippen molar-refractivity contribution in [3.8, 4) is 11.1 Å². The van der Waals surface area contributed by atoms with Crippen molar-refractivity contribution < 1.29 is 4.79 Å². The van der Waals surface area contributed by atoms with E-state index < -0.39 is 0 Å². The Kier molecular flexibility index (Phi) is 4.85. The van der Waals surface area contributed by atoms with Gasteiger partial charge in [0.2, 0.25) is 0 Å². The van der Waals surface area contributed by atoms with E-state index in [9.17, 15) is 4.79 Å². The molecule has 6 nitrogen and oxygen atoms in total. The first-order chi connectivity index (χ1) is 13.5. The zero-order valence-electron chi connectivity index (χ0n) is 14.9. The van der Waals surface area contributed by atoms with E-state index in [0.29, 0.717) is 22.2 Å². The lowest BCUT2D eigenvalue weighted by molar-refractivity contribution is 0.262. The Labute approximate surface area is 170 Å². The molecule has 0 atom stereocenters. The molecule has 0 unspecified atom stereocenters. The van der Waals surface area contributed by atoms with Gasteiger partial charge < -0.3 is 16.4 Å². The van der Waals surface area contributed by atoms with Crippen LogP contribution >= 0.6 is 22.9 Å². The third kappa shape index (κ3) is 3.62. The Morgan fingerprint density at radius 2 is 2.00 bits per heavy atom. The van der Waals surface area contributed by atoms with E-state index in [1.807, 2.05) is 42.6 Å². The number of anilines is 3. The highest BCUT2D eigenvalue weighted by Gasteiger charge is 2.13. The molecule has 0 saturated carbocycles. The number of halogens is 1. The van der Waals surface area contributed by atoms with Crippen molar-refractivity contribution in [1.29, 1.82) is 0 Å². The van der Waals surface area contributed by atoms with E-state index in [1.165, 1.54) is 17.7 Å². The molecule has 140 valence electrons. The first kappa shape index (κ1) is 18.2. The lowest BCUT2D eigenvalue weighted by Gasteiger charge is -2.11. The van der Waals surface area contributed by atoms with Crippen LogP contribution in [0, 0.1) is 6.92 Å². The molecule has 2 amide bonds. The van der Waals surface area contributed by atoms with Crippen molar-refractivity contribution in [2.75, 3.05) is 16.4 Å². The zero-order chi connectivity index (χ0) is 19.7. The van der Waals surface area contributed by atoms with Crippen LogP contribution in [0.4, 0.5) is 22.0 Å². The lowest BCUT2D eigenvalue weighted by atomic mass is 10.1. The highest BCUT2D eigenvalue weighted by Crippen LogP contribution is 2.37. The minimum absolute atomic E-state index is 0.362. The Morgan fingerprint density at radius 1 is 1.14 bits per heavy atom. The number of hydrogen-bond acceptors (Lipinski definition) is 5. The van der Waals surface area contributed by atoms with Crippen molar-refractivity contribution >= 4 is 56.4 Å². The second-order valence-electron chi connectivity index (χ2n) is 6.23. The Morgan fingerprint density at radius 3 is 2.79 bits per heavy atom. The van der Waals surface area contributed by atoms with Gasteiger partial charge in [-0.15, -0.1) is 11.3 Å². The highest BCUT2D eigenvalue weighted by molar-refractivity contribution is 7.17. The number of nitrogens with two attached hydrogens (primary N) is 1. The summed E-state index contributed by atoms with van der Waals surface area (Å²) in [4.78, 5) is 21.4. The molecule has 2 aromatic heterocycles. The molecule has 0 saturated heterocycles. The summed E-state index contributed by atoms with van der Waals surface area (Å²) in [7, 11) is 0. The summed E-state index contributed by atoms with van der Waals surface area (Å²) in [5.74, 6) is 0.428. The number of carbonyl (C=O) groups excluding carboxylic acids is 1. The summed E-state index contributed by atoms with van der Waals surface area (Å²) < 4.78 is 0. The Hall–Kier alpha value is -3.16. The van der Waals surface area contributed by atoms with Crippen molar-refractivity contribution in [1.82, 2.24) is 9.97 Å². The second kappa shape index (κ2) is 7.46. The summed E-state index contributed by atoms with van der Waals surface area (Å²) in [6, 6.07) is 12.6. The number of benzene rings is 2. The van der Waals surface area contributed by atoms with E-state index >= 15 is 0 Å². The predicted octanol–water partition coefficient (Wildman–Crippen LogP) is 5.55. The maximum Gasteiger partial charge on any atom is 0.323 e. The molecular weight excluding hydrogens is 394 g/mol. The summed E-state index contributed by atoms with van der Waals surface area (Å²) >= 11 is 7.90. The van der Waals surface area contributed by atoms with Gasteiger partial charge in [0.25, 0.3) is 0 Å². The van der Waals surface area contributed by atoms with E-state index in [2.05, 4.69) is 20.6 Å². The van der Waals surface area contributed by atoms with Crippen LogP contribution in [0.5, 0.6) is 0 Å². The van der Waals surface area contributed by atoms with E-state index in [0.717, 1.165) is 26.9 Å². The number of urea groups is 1. The molecule has 4 N–H and O–H groups in total. The van der Waals surface area contributed by atoms with E-state index in [-0.39, 0.29) is 6.03 Å². The molecule has 4 aromatic rings. The second-order valence-corrected chi connectivity index (χ2v) is 7.50. The number of thiophene rings is 1. The Bertz CT molecular complexity index is 1190. The minimum atomic E-state index is -0.362. The number of carbonyl (C=O) groups is 1. The van der Waals surface area contributed by atoms with Gasteiger partial charge in [-0.2, -0.15) is 0 Å². The van der Waals surface area contributed by atoms with Crippen LogP contribution in [0.15, 0.2) is 54.2 Å². The number of hydrogen-bond donors (Lipinski definition) is 3. The maximum atomic E-state index is 12.3. The van der Waals surface area contributed by atoms with Crippen LogP contribution in [-0.2, 0) is 0 Å². The summed E-state index contributed by atoms with van der Waals surface area (Å²) in [6.07, 6.45) is 1.45. The fourth-order valence-corrected chi connectivity index (χ4v) is 4.05. The van der Waals surface area contributed by atoms with Crippen LogP contribution in [-0.4, -0.2) is 16.0 Å². The minimum Gasteiger partial charge on any atom is -0.383 e. The number of amides is 2. The number of aryl methyl sites for hydroxylation is 1. The quantitative estimate of drug-likeness (QED) is 0.413. The number of fused-ring (bicyclic) bond motifs is 1. The maximum absolute atomic E-state index is 12.3. The molecule has 2 heterocycles. The van der Waals surface area contributed by atoms with Gasteiger partial charge in [-0.1, -0.05) is 29.8 Å². The average Bonchev–Trinajstić information content (AvgIpc) is 3.09. The topological polar surface area (TPSA) is 92.9 Å². The normalized spacial score (nSPS) is 10.8. The third-order valence-electron chi connectivity index (χ3n) is 4.20. The number of nitrogens with zero attached hydrogens (tertiary/aromatic N) is 2. The van der Waals surface area contributed by atoms with Gasteiger partial charge in [0.15, 0.2) is 0 Å². The van der Waals surface area contributed by atoms with Crippen molar-refractivity contribution in [2.45, 2.75) is 6.92 Å². The lowest BCUT2D eigenvalue weighted by Crippen LogP contribution is -2.19. The van der Waals surface area contributed by atoms with E-state index in [4.69, 9.17) is 17.3 Å². The highest BCUT2D eigenvalue weighted by atomic mass is 35.5. The molecular formula is C20H16ClN5OS. The standard InChI is InChI=1S/C20H16ClN5OS/c1-11-3-2-4-13(7-11)25-20(27)26-16-6-5-12(8-15(16)21)14-9-28-19-17(14)18(22)23-10-24-19/h2-10H,1H3,(H2,22,23,24)(H2,25,26,27). The Balaban J connectivity index is 1.57. The molecule has 0 aliphatic carbocycles. The molecule has 8 heteroatoms. The first-order valence-electron chi connectivity index (χ1n) is 8.43. The fraction of sp³-hybridized carbons (Fsp3) is 0.0500. The van der Waals surface area contributed by atoms with Crippen LogP contribution in [0.25, 0.3) is 21.3 Å². The monoisotopic (exact) mass is 409 g/mol. The average molecular weight is 410 g/mol. The molecule has 2 aromatic carbocycles.